The second-order valence-electron chi connectivity index (χ2n) is 7.01. The lowest BCUT2D eigenvalue weighted by Crippen LogP contribution is -2.13. The number of benzene rings is 3. The maximum absolute atomic E-state index is 14.0. The van der Waals surface area contributed by atoms with Crippen LogP contribution in [0.15, 0.2) is 66.7 Å². The summed E-state index contributed by atoms with van der Waals surface area (Å²) in [5.41, 5.74) is 4.66. The Morgan fingerprint density at radius 2 is 1.47 bits per heavy atom. The first-order valence-corrected chi connectivity index (χ1v) is 10.1. The average molecular weight is 420 g/mol. The number of carbonyl (C=O) groups is 1. The number of carbonyl (C=O) groups excluding carboxylic acids is 1. The average Bonchev–Trinajstić information content (AvgIpc) is 3.12. The van der Waals surface area contributed by atoms with Gasteiger partial charge in [-0.15, -0.1) is 0 Å². The lowest BCUT2D eigenvalue weighted by Gasteiger charge is -2.04. The summed E-state index contributed by atoms with van der Waals surface area (Å²) >= 11 is 1.31. The summed E-state index contributed by atoms with van der Waals surface area (Å²) < 4.78 is 27.1. The second kappa shape index (κ2) is 8.16. The van der Waals surface area contributed by atoms with Crippen LogP contribution >= 0.6 is 11.3 Å². The van der Waals surface area contributed by atoms with Gasteiger partial charge >= 0.3 is 0 Å². The van der Waals surface area contributed by atoms with Crippen molar-refractivity contribution in [3.05, 3.63) is 95.1 Å². The van der Waals surface area contributed by atoms with Crippen LogP contribution in [0.4, 0.5) is 13.9 Å². The molecule has 0 bridgehead atoms. The number of halogens is 2. The molecule has 0 saturated heterocycles. The van der Waals surface area contributed by atoms with Crippen LogP contribution in [-0.2, 0) is 0 Å². The number of nitrogens with one attached hydrogen (secondary N) is 1. The molecule has 1 amide bonds. The number of aryl methyl sites for hydroxylation is 2. The molecule has 0 aliphatic heterocycles. The van der Waals surface area contributed by atoms with E-state index in [1.54, 1.807) is 0 Å². The van der Waals surface area contributed by atoms with Gasteiger partial charge in [0, 0.05) is 11.6 Å². The highest BCUT2D eigenvalue weighted by Gasteiger charge is 2.19. The zero-order valence-corrected chi connectivity index (χ0v) is 17.2. The van der Waals surface area contributed by atoms with E-state index in [9.17, 15) is 13.6 Å². The van der Waals surface area contributed by atoms with Gasteiger partial charge in [-0.25, -0.2) is 13.8 Å². The lowest BCUT2D eigenvalue weighted by atomic mass is 10.0. The normalized spacial score (nSPS) is 10.8. The summed E-state index contributed by atoms with van der Waals surface area (Å²) in [5, 5.41) is 2.99. The fourth-order valence-corrected chi connectivity index (χ4v) is 4.01. The van der Waals surface area contributed by atoms with E-state index < -0.39 is 17.5 Å². The molecule has 0 spiro atoms. The minimum atomic E-state index is -0.915. The van der Waals surface area contributed by atoms with Crippen molar-refractivity contribution in [3.63, 3.8) is 0 Å². The molecule has 0 radical (unpaired) electrons. The summed E-state index contributed by atoms with van der Waals surface area (Å²) in [5.74, 6) is -2.32. The molecule has 1 heterocycles. The Kier molecular flexibility index (Phi) is 5.42. The number of rotatable bonds is 4. The molecule has 4 rings (SSSR count). The van der Waals surface area contributed by atoms with Gasteiger partial charge in [0.05, 0.1) is 16.1 Å². The second-order valence-corrected chi connectivity index (χ2v) is 8.01. The van der Waals surface area contributed by atoms with Crippen molar-refractivity contribution in [3.8, 4) is 21.7 Å². The Balaban J connectivity index is 1.74. The van der Waals surface area contributed by atoms with Crippen molar-refractivity contribution in [1.82, 2.24) is 4.98 Å². The van der Waals surface area contributed by atoms with Crippen molar-refractivity contribution in [2.75, 3.05) is 5.32 Å². The van der Waals surface area contributed by atoms with Crippen LogP contribution in [0.25, 0.3) is 21.7 Å². The van der Waals surface area contributed by atoms with Crippen LogP contribution in [0.1, 0.15) is 21.5 Å². The van der Waals surface area contributed by atoms with E-state index in [1.807, 2.05) is 62.4 Å². The van der Waals surface area contributed by atoms with Crippen LogP contribution in [0, 0.1) is 25.5 Å². The standard InChI is InChI=1S/C24H18F2N2OS/c1-14-3-7-16(8-4-14)21-22(17-9-5-15(2)6-10-17)30-24(27-21)28-23(29)19-12-11-18(25)13-20(19)26/h3-13H,1-2H3,(H,27,28,29). The molecule has 0 saturated carbocycles. The van der Waals surface area contributed by atoms with E-state index in [1.165, 1.54) is 11.3 Å². The third-order valence-electron chi connectivity index (χ3n) is 4.66. The highest BCUT2D eigenvalue weighted by atomic mass is 32.1. The SMILES string of the molecule is Cc1ccc(-c2nc(NC(=O)c3ccc(F)cc3F)sc2-c2ccc(C)cc2)cc1. The topological polar surface area (TPSA) is 42.0 Å². The van der Waals surface area contributed by atoms with Gasteiger partial charge in [-0.1, -0.05) is 71.0 Å². The smallest absolute Gasteiger partial charge is 0.260 e. The molecule has 0 aliphatic rings. The third kappa shape index (κ3) is 4.14. The van der Waals surface area contributed by atoms with Gasteiger partial charge in [-0.3, -0.25) is 10.1 Å². The van der Waals surface area contributed by atoms with Gasteiger partial charge in [-0.05, 0) is 31.5 Å². The Hall–Kier alpha value is -3.38. The molecule has 3 nitrogen and oxygen atoms in total. The Morgan fingerprint density at radius 3 is 2.07 bits per heavy atom. The minimum Gasteiger partial charge on any atom is -0.298 e. The number of aromatic nitrogens is 1. The number of thiazole rings is 1. The first kappa shape index (κ1) is 19.9. The van der Waals surface area contributed by atoms with Gasteiger partial charge < -0.3 is 0 Å². The minimum absolute atomic E-state index is 0.236. The Labute approximate surface area is 177 Å². The van der Waals surface area contributed by atoms with Crippen LogP contribution < -0.4 is 5.32 Å². The van der Waals surface area contributed by atoms with E-state index in [2.05, 4.69) is 10.3 Å². The zero-order chi connectivity index (χ0) is 21.3. The summed E-state index contributed by atoms with van der Waals surface area (Å²) in [4.78, 5) is 18.0. The molecule has 0 aliphatic carbocycles. The maximum atomic E-state index is 14.0. The number of nitrogens with zero attached hydrogens (tertiary/aromatic N) is 1. The molecule has 6 heteroatoms. The highest BCUT2D eigenvalue weighted by Crippen LogP contribution is 2.39. The summed E-state index contributed by atoms with van der Waals surface area (Å²) in [6.45, 7) is 4.02. The van der Waals surface area contributed by atoms with E-state index in [0.717, 1.165) is 45.0 Å². The molecule has 150 valence electrons. The monoisotopic (exact) mass is 420 g/mol. The molecule has 4 aromatic rings. The highest BCUT2D eigenvalue weighted by molar-refractivity contribution is 7.19. The van der Waals surface area contributed by atoms with Crippen molar-refractivity contribution < 1.29 is 13.6 Å². The van der Waals surface area contributed by atoms with Crippen LogP contribution in [-0.4, -0.2) is 10.9 Å². The van der Waals surface area contributed by atoms with Crippen molar-refractivity contribution >= 4 is 22.4 Å². The fourth-order valence-electron chi connectivity index (χ4n) is 3.02. The summed E-state index contributed by atoms with van der Waals surface area (Å²) in [7, 11) is 0. The van der Waals surface area contributed by atoms with E-state index >= 15 is 0 Å². The Morgan fingerprint density at radius 1 is 0.867 bits per heavy atom. The van der Waals surface area contributed by atoms with Crippen LogP contribution in [0.3, 0.4) is 0 Å². The molecule has 0 fully saturated rings. The number of hydrogen-bond acceptors (Lipinski definition) is 3. The van der Waals surface area contributed by atoms with Crippen LogP contribution in [0.2, 0.25) is 0 Å². The summed E-state index contributed by atoms with van der Waals surface area (Å²) in [6.07, 6.45) is 0. The van der Waals surface area contributed by atoms with Gasteiger partial charge in [0.25, 0.3) is 5.91 Å². The molecular weight excluding hydrogens is 402 g/mol. The zero-order valence-electron chi connectivity index (χ0n) is 16.4. The lowest BCUT2D eigenvalue weighted by molar-refractivity contribution is 0.102. The predicted octanol–water partition coefficient (Wildman–Crippen LogP) is 6.62. The largest absolute Gasteiger partial charge is 0.298 e. The first-order valence-electron chi connectivity index (χ1n) is 9.32. The quantitative estimate of drug-likeness (QED) is 0.403. The van der Waals surface area contributed by atoms with Crippen molar-refractivity contribution in [1.29, 1.82) is 0 Å². The third-order valence-corrected chi connectivity index (χ3v) is 5.68. The first-order chi connectivity index (χ1) is 14.4. The van der Waals surface area contributed by atoms with Crippen LogP contribution in [0.5, 0.6) is 0 Å². The number of hydrogen-bond donors (Lipinski definition) is 1. The molecule has 1 N–H and O–H groups in total. The molecule has 0 unspecified atom stereocenters. The van der Waals surface area contributed by atoms with Gasteiger partial charge in [0.1, 0.15) is 11.6 Å². The van der Waals surface area contributed by atoms with Gasteiger partial charge in [0.2, 0.25) is 0 Å². The number of anilines is 1. The van der Waals surface area contributed by atoms with Crippen molar-refractivity contribution in [2.45, 2.75) is 13.8 Å². The van der Waals surface area contributed by atoms with E-state index in [-0.39, 0.29) is 5.56 Å². The van der Waals surface area contributed by atoms with E-state index in [4.69, 9.17) is 0 Å². The van der Waals surface area contributed by atoms with Gasteiger partial charge in [0.15, 0.2) is 5.13 Å². The molecule has 3 aromatic carbocycles. The predicted molar refractivity (Wildman–Crippen MR) is 117 cm³/mol. The molecular formula is C24H18F2N2OS. The maximum Gasteiger partial charge on any atom is 0.260 e. The summed E-state index contributed by atoms with van der Waals surface area (Å²) in [6, 6.07) is 18.9. The fraction of sp³-hybridized carbons (Fsp3) is 0.0833. The molecule has 1 aromatic heterocycles. The Bertz CT molecular complexity index is 1150. The van der Waals surface area contributed by atoms with Crippen molar-refractivity contribution in [2.24, 2.45) is 0 Å². The molecule has 0 atom stereocenters. The van der Waals surface area contributed by atoms with Gasteiger partial charge in [-0.2, -0.15) is 0 Å². The van der Waals surface area contributed by atoms with E-state index in [0.29, 0.717) is 11.2 Å². The molecule has 30 heavy (non-hydrogen) atoms. The number of amides is 1.